The van der Waals surface area contributed by atoms with Gasteiger partial charge in [0, 0.05) is 18.1 Å². The first-order chi connectivity index (χ1) is 11.6. The van der Waals surface area contributed by atoms with Crippen LogP contribution < -0.4 is 4.74 Å². The number of hydrogen-bond donors (Lipinski definition) is 1. The van der Waals surface area contributed by atoms with Crippen LogP contribution in [0.3, 0.4) is 0 Å². The molecule has 1 unspecified atom stereocenters. The molecule has 5 nitrogen and oxygen atoms in total. The van der Waals surface area contributed by atoms with Crippen LogP contribution in [0.5, 0.6) is 5.75 Å². The van der Waals surface area contributed by atoms with E-state index in [-0.39, 0.29) is 22.9 Å². The van der Waals surface area contributed by atoms with Crippen molar-refractivity contribution in [2.45, 2.75) is 25.9 Å². The molecule has 1 atom stereocenters. The van der Waals surface area contributed by atoms with Crippen molar-refractivity contribution >= 4 is 23.5 Å². The largest absolute Gasteiger partial charge is 0.493 e. The molecule has 138 valence electrons. The molecule has 1 aliphatic heterocycles. The second-order valence-electron chi connectivity index (χ2n) is 5.85. The predicted molar refractivity (Wildman–Crippen MR) is 83.9 cm³/mol. The number of hydrogen-bond acceptors (Lipinski definition) is 3. The SMILES string of the molecule is CCCOc1ccc(Cl)cc1C(=O)N1CCC(C(=O)O)(C(F)(F)F)C1. The number of ether oxygens (including phenoxy) is 1. The van der Waals surface area contributed by atoms with E-state index in [0.717, 1.165) is 4.90 Å². The van der Waals surface area contributed by atoms with Gasteiger partial charge in [-0.25, -0.2) is 0 Å². The number of carboxylic acid groups (broad SMARTS) is 1. The first-order valence-corrected chi connectivity index (χ1v) is 8.02. The van der Waals surface area contributed by atoms with Crippen LogP contribution in [0.15, 0.2) is 18.2 Å². The molecule has 0 bridgehead atoms. The van der Waals surface area contributed by atoms with Gasteiger partial charge in [0.2, 0.25) is 0 Å². The van der Waals surface area contributed by atoms with Gasteiger partial charge < -0.3 is 14.7 Å². The van der Waals surface area contributed by atoms with Gasteiger partial charge in [0.25, 0.3) is 5.91 Å². The highest BCUT2D eigenvalue weighted by atomic mass is 35.5. The Bertz CT molecular complexity index is 680. The number of amides is 1. The summed E-state index contributed by atoms with van der Waals surface area (Å²) in [4.78, 5) is 24.8. The molecule has 1 amide bonds. The molecule has 0 spiro atoms. The molecule has 1 N–H and O–H groups in total. The maximum Gasteiger partial charge on any atom is 0.406 e. The molecule has 1 aliphatic rings. The van der Waals surface area contributed by atoms with Gasteiger partial charge in [-0.05, 0) is 31.0 Å². The van der Waals surface area contributed by atoms with Gasteiger partial charge in [-0.1, -0.05) is 18.5 Å². The molecule has 1 saturated heterocycles. The van der Waals surface area contributed by atoms with E-state index in [9.17, 15) is 22.8 Å². The number of aliphatic carboxylic acids is 1. The average molecular weight is 380 g/mol. The highest BCUT2D eigenvalue weighted by Crippen LogP contribution is 2.46. The fourth-order valence-corrected chi connectivity index (χ4v) is 2.86. The number of nitrogens with zero attached hydrogens (tertiary/aromatic N) is 1. The van der Waals surface area contributed by atoms with E-state index in [1.807, 2.05) is 6.92 Å². The Morgan fingerprint density at radius 3 is 2.60 bits per heavy atom. The molecule has 1 fully saturated rings. The van der Waals surface area contributed by atoms with E-state index in [2.05, 4.69) is 0 Å². The Labute approximate surface area is 147 Å². The molecule has 0 saturated carbocycles. The third-order valence-electron chi connectivity index (χ3n) is 4.14. The van der Waals surface area contributed by atoms with Gasteiger partial charge in [0.1, 0.15) is 5.75 Å². The van der Waals surface area contributed by atoms with Crippen molar-refractivity contribution in [3.8, 4) is 5.75 Å². The molecule has 1 aromatic rings. The number of halogens is 4. The van der Waals surface area contributed by atoms with Crippen molar-refractivity contribution in [1.29, 1.82) is 0 Å². The third-order valence-corrected chi connectivity index (χ3v) is 4.38. The van der Waals surface area contributed by atoms with Gasteiger partial charge in [0.05, 0.1) is 12.2 Å². The van der Waals surface area contributed by atoms with Crippen molar-refractivity contribution < 1.29 is 32.6 Å². The maximum atomic E-state index is 13.3. The second kappa shape index (κ2) is 7.11. The summed E-state index contributed by atoms with van der Waals surface area (Å²) in [5.74, 6) is -2.51. The minimum Gasteiger partial charge on any atom is -0.493 e. The number of likely N-dealkylation sites (tertiary alicyclic amines) is 1. The zero-order valence-corrected chi connectivity index (χ0v) is 14.2. The lowest BCUT2D eigenvalue weighted by molar-refractivity contribution is -0.227. The Hall–Kier alpha value is -1.96. The van der Waals surface area contributed by atoms with Crippen molar-refractivity contribution in [2.24, 2.45) is 5.41 Å². The van der Waals surface area contributed by atoms with Crippen LogP contribution in [0.4, 0.5) is 13.2 Å². The molecule has 1 aromatic carbocycles. The van der Waals surface area contributed by atoms with Crippen molar-refractivity contribution in [2.75, 3.05) is 19.7 Å². The Kier molecular flexibility index (Phi) is 5.51. The summed E-state index contributed by atoms with van der Waals surface area (Å²) in [7, 11) is 0. The summed E-state index contributed by atoms with van der Waals surface area (Å²) in [6, 6.07) is 4.28. The molecule has 1 heterocycles. The average Bonchev–Trinajstić information content (AvgIpc) is 2.99. The molecular formula is C16H17ClF3NO4. The first-order valence-electron chi connectivity index (χ1n) is 7.64. The Balaban J connectivity index is 2.31. The maximum absolute atomic E-state index is 13.3. The fourth-order valence-electron chi connectivity index (χ4n) is 2.69. The van der Waals surface area contributed by atoms with Crippen LogP contribution in [-0.2, 0) is 4.79 Å². The van der Waals surface area contributed by atoms with E-state index >= 15 is 0 Å². The normalized spacial score (nSPS) is 20.6. The Morgan fingerprint density at radius 1 is 1.40 bits per heavy atom. The van der Waals surface area contributed by atoms with E-state index in [4.69, 9.17) is 21.4 Å². The summed E-state index contributed by atoms with van der Waals surface area (Å²) < 4.78 is 45.2. The fraction of sp³-hybridized carbons (Fsp3) is 0.500. The molecule has 25 heavy (non-hydrogen) atoms. The summed E-state index contributed by atoms with van der Waals surface area (Å²) in [5, 5.41) is 9.31. The van der Waals surface area contributed by atoms with Gasteiger partial charge in [0.15, 0.2) is 5.41 Å². The number of carboxylic acids is 1. The zero-order chi connectivity index (χ0) is 18.8. The van der Waals surface area contributed by atoms with E-state index in [1.54, 1.807) is 0 Å². The number of rotatable bonds is 5. The van der Waals surface area contributed by atoms with Crippen LogP contribution in [-0.4, -0.2) is 47.8 Å². The number of carbonyl (C=O) groups is 2. The number of alkyl halides is 3. The Morgan fingerprint density at radius 2 is 2.08 bits per heavy atom. The van der Waals surface area contributed by atoms with Crippen LogP contribution in [0.1, 0.15) is 30.1 Å². The summed E-state index contributed by atoms with van der Waals surface area (Å²) in [6.07, 6.45) is -4.97. The number of benzene rings is 1. The minimum atomic E-state index is -4.95. The number of carbonyl (C=O) groups excluding carboxylic acids is 1. The van der Waals surface area contributed by atoms with Crippen LogP contribution in [0.2, 0.25) is 5.02 Å². The monoisotopic (exact) mass is 379 g/mol. The molecule has 0 radical (unpaired) electrons. The minimum absolute atomic E-state index is 0.0179. The van der Waals surface area contributed by atoms with E-state index < -0.39 is 36.4 Å². The topological polar surface area (TPSA) is 66.8 Å². The quantitative estimate of drug-likeness (QED) is 0.848. The summed E-state index contributed by atoms with van der Waals surface area (Å²) >= 11 is 5.88. The van der Waals surface area contributed by atoms with Crippen molar-refractivity contribution in [1.82, 2.24) is 4.90 Å². The van der Waals surface area contributed by atoms with Crippen LogP contribution in [0.25, 0.3) is 0 Å². The predicted octanol–water partition coefficient (Wildman–Crippen LogP) is 3.61. The molecular weight excluding hydrogens is 363 g/mol. The van der Waals surface area contributed by atoms with Crippen molar-refractivity contribution in [3.05, 3.63) is 28.8 Å². The highest BCUT2D eigenvalue weighted by molar-refractivity contribution is 6.31. The lowest BCUT2D eigenvalue weighted by atomic mass is 9.86. The highest BCUT2D eigenvalue weighted by Gasteiger charge is 2.64. The first kappa shape index (κ1) is 19.4. The van der Waals surface area contributed by atoms with Gasteiger partial charge in [-0.15, -0.1) is 0 Å². The van der Waals surface area contributed by atoms with Crippen LogP contribution in [0, 0.1) is 5.41 Å². The van der Waals surface area contributed by atoms with Gasteiger partial charge in [-0.3, -0.25) is 9.59 Å². The van der Waals surface area contributed by atoms with E-state index in [0.29, 0.717) is 13.0 Å². The second-order valence-corrected chi connectivity index (χ2v) is 6.29. The van der Waals surface area contributed by atoms with Crippen LogP contribution >= 0.6 is 11.6 Å². The molecule has 9 heteroatoms. The van der Waals surface area contributed by atoms with Gasteiger partial charge >= 0.3 is 12.1 Å². The van der Waals surface area contributed by atoms with Gasteiger partial charge in [-0.2, -0.15) is 13.2 Å². The standard InChI is InChI=1S/C16H17ClF3NO4/c1-2-7-25-12-4-3-10(17)8-11(12)13(22)21-6-5-15(9-21,14(23)24)16(18,19)20/h3-4,8H,2,5-7,9H2,1H3,(H,23,24). The molecule has 0 aromatic heterocycles. The van der Waals surface area contributed by atoms with Crippen molar-refractivity contribution in [3.63, 3.8) is 0 Å². The molecule has 2 rings (SSSR count). The summed E-state index contributed by atoms with van der Waals surface area (Å²) in [5.41, 5.74) is -2.93. The van der Waals surface area contributed by atoms with E-state index in [1.165, 1.54) is 18.2 Å². The molecule has 0 aliphatic carbocycles. The zero-order valence-electron chi connectivity index (χ0n) is 13.4. The summed E-state index contributed by atoms with van der Waals surface area (Å²) in [6.45, 7) is 0.931. The smallest absolute Gasteiger partial charge is 0.406 e. The lowest BCUT2D eigenvalue weighted by Gasteiger charge is -2.27. The third kappa shape index (κ3) is 3.68. The lowest BCUT2D eigenvalue weighted by Crippen LogP contribution is -2.47.